The minimum atomic E-state index is -0.689. The van der Waals surface area contributed by atoms with Gasteiger partial charge >= 0.3 is 0 Å². The summed E-state index contributed by atoms with van der Waals surface area (Å²) in [6.45, 7) is 1.23. The van der Waals surface area contributed by atoms with Crippen LogP contribution in [0.1, 0.15) is 12.0 Å². The van der Waals surface area contributed by atoms with Crippen LogP contribution in [0.5, 0.6) is 0 Å². The van der Waals surface area contributed by atoms with Crippen molar-refractivity contribution in [1.29, 1.82) is 0 Å². The first-order valence-electron chi connectivity index (χ1n) is 6.99. The number of hydrogen-bond acceptors (Lipinski definition) is 3. The first-order valence-corrected chi connectivity index (χ1v) is 6.99. The second-order valence-electron chi connectivity index (χ2n) is 5.23. The molecule has 0 spiro atoms. The normalized spacial score (nSPS) is 17.9. The Kier molecular flexibility index (Phi) is 5.43. The van der Waals surface area contributed by atoms with Crippen molar-refractivity contribution in [3.05, 3.63) is 35.4 Å². The molecule has 0 radical (unpaired) electrons. The van der Waals surface area contributed by atoms with Crippen LogP contribution in [0.3, 0.4) is 0 Å². The monoisotopic (exact) mass is 312 g/mol. The van der Waals surface area contributed by atoms with Crippen molar-refractivity contribution in [2.24, 2.45) is 5.92 Å². The largest absolute Gasteiger partial charge is 0.383 e. The van der Waals surface area contributed by atoms with E-state index in [4.69, 9.17) is 4.74 Å². The minimum Gasteiger partial charge on any atom is -0.383 e. The summed E-state index contributed by atoms with van der Waals surface area (Å²) < 4.78 is 31.0. The van der Waals surface area contributed by atoms with Gasteiger partial charge in [0.15, 0.2) is 0 Å². The van der Waals surface area contributed by atoms with Gasteiger partial charge in [0.05, 0.1) is 12.5 Å². The highest BCUT2D eigenvalue weighted by Gasteiger charge is 2.33. The fourth-order valence-corrected chi connectivity index (χ4v) is 2.41. The number of nitrogens with one attached hydrogen (secondary N) is 1. The number of hydrogen-bond donors (Lipinski definition) is 1. The summed E-state index contributed by atoms with van der Waals surface area (Å²) in [5, 5.41) is 2.61. The number of likely N-dealkylation sites (tertiary alicyclic amines) is 1. The second-order valence-corrected chi connectivity index (χ2v) is 5.23. The van der Waals surface area contributed by atoms with E-state index in [0.717, 1.165) is 18.2 Å². The molecule has 0 aliphatic carbocycles. The zero-order chi connectivity index (χ0) is 16.1. The summed E-state index contributed by atoms with van der Waals surface area (Å²) in [7, 11) is 1.54. The zero-order valence-electron chi connectivity index (χ0n) is 12.3. The van der Waals surface area contributed by atoms with E-state index in [-0.39, 0.29) is 24.8 Å². The lowest BCUT2D eigenvalue weighted by Gasteiger charge is -2.15. The van der Waals surface area contributed by atoms with Gasteiger partial charge in [0.2, 0.25) is 11.8 Å². The maximum atomic E-state index is 13.1. The molecule has 5 nitrogen and oxygen atoms in total. The Morgan fingerprint density at radius 2 is 2.05 bits per heavy atom. The quantitative estimate of drug-likeness (QED) is 0.855. The highest BCUT2D eigenvalue weighted by molar-refractivity contribution is 5.89. The molecular formula is C15H18F2N2O3. The van der Waals surface area contributed by atoms with Gasteiger partial charge in [-0.25, -0.2) is 8.78 Å². The molecule has 1 unspecified atom stereocenters. The average molecular weight is 312 g/mol. The second kappa shape index (κ2) is 7.31. The Balaban J connectivity index is 1.86. The molecule has 1 saturated heterocycles. The van der Waals surface area contributed by atoms with Gasteiger partial charge in [-0.3, -0.25) is 9.59 Å². The number of amides is 2. The van der Waals surface area contributed by atoms with E-state index < -0.39 is 17.6 Å². The highest BCUT2D eigenvalue weighted by Crippen LogP contribution is 2.18. The van der Waals surface area contributed by atoms with Gasteiger partial charge in [-0.15, -0.1) is 0 Å². The van der Waals surface area contributed by atoms with Gasteiger partial charge in [-0.1, -0.05) is 0 Å². The topological polar surface area (TPSA) is 58.6 Å². The summed E-state index contributed by atoms with van der Waals surface area (Å²) in [4.78, 5) is 25.4. The zero-order valence-corrected chi connectivity index (χ0v) is 12.3. The Hall–Kier alpha value is -2.02. The molecule has 1 aromatic carbocycles. The Bertz CT molecular complexity index is 545. The van der Waals surface area contributed by atoms with Gasteiger partial charge in [0.1, 0.15) is 11.6 Å². The molecule has 22 heavy (non-hydrogen) atoms. The fraction of sp³-hybridized carbons (Fsp3) is 0.467. The smallest absolute Gasteiger partial charge is 0.225 e. The van der Waals surface area contributed by atoms with E-state index in [1.165, 1.54) is 0 Å². The lowest BCUT2D eigenvalue weighted by atomic mass is 10.1. The predicted octanol–water partition coefficient (Wildman–Crippen LogP) is 1.08. The van der Waals surface area contributed by atoms with Crippen molar-refractivity contribution in [2.45, 2.75) is 13.0 Å². The molecule has 1 aliphatic rings. The molecule has 0 aromatic heterocycles. The van der Waals surface area contributed by atoms with Gasteiger partial charge in [0.25, 0.3) is 0 Å². The highest BCUT2D eigenvalue weighted by atomic mass is 19.1. The third-order valence-electron chi connectivity index (χ3n) is 3.54. The maximum absolute atomic E-state index is 13.1. The van der Waals surface area contributed by atoms with Gasteiger partial charge < -0.3 is 15.0 Å². The van der Waals surface area contributed by atoms with Gasteiger partial charge in [0, 0.05) is 39.2 Å². The molecule has 1 aliphatic heterocycles. The number of carbonyl (C=O) groups is 2. The van der Waals surface area contributed by atoms with Crippen molar-refractivity contribution in [3.8, 4) is 0 Å². The van der Waals surface area contributed by atoms with Crippen LogP contribution in [0, 0.1) is 17.6 Å². The third kappa shape index (κ3) is 4.24. The van der Waals surface area contributed by atoms with Crippen LogP contribution < -0.4 is 5.32 Å². The van der Waals surface area contributed by atoms with Crippen molar-refractivity contribution in [3.63, 3.8) is 0 Å². The maximum Gasteiger partial charge on any atom is 0.225 e. The molecule has 1 N–H and O–H groups in total. The van der Waals surface area contributed by atoms with Crippen LogP contribution in [0.4, 0.5) is 8.78 Å². The van der Waals surface area contributed by atoms with Crippen molar-refractivity contribution < 1.29 is 23.1 Å². The molecular weight excluding hydrogens is 294 g/mol. The molecule has 0 bridgehead atoms. The van der Waals surface area contributed by atoms with E-state index >= 15 is 0 Å². The van der Waals surface area contributed by atoms with Crippen LogP contribution in [0.2, 0.25) is 0 Å². The fourth-order valence-electron chi connectivity index (χ4n) is 2.41. The van der Waals surface area contributed by atoms with E-state index in [1.54, 1.807) is 12.0 Å². The first kappa shape index (κ1) is 16.4. The molecule has 120 valence electrons. The summed E-state index contributed by atoms with van der Waals surface area (Å²) in [5.41, 5.74) is 0.339. The number of benzene rings is 1. The molecule has 0 saturated carbocycles. The number of carbonyl (C=O) groups excluding carboxylic acids is 2. The van der Waals surface area contributed by atoms with Crippen LogP contribution in [-0.2, 0) is 20.9 Å². The van der Waals surface area contributed by atoms with Crippen LogP contribution in [0.15, 0.2) is 18.2 Å². The minimum absolute atomic E-state index is 0.0241. The number of halogens is 2. The number of methoxy groups -OCH3 is 1. The predicted molar refractivity (Wildman–Crippen MR) is 74.8 cm³/mol. The standard InChI is InChI=1S/C15H18F2N2O3/c1-22-3-2-19-9-11(6-14(19)20)15(21)18-8-10-4-12(16)7-13(17)5-10/h4-5,7,11H,2-3,6,8-9H2,1H3,(H,18,21). The summed E-state index contributed by atoms with van der Waals surface area (Å²) in [6, 6.07) is 3.09. The summed E-state index contributed by atoms with van der Waals surface area (Å²) >= 11 is 0. The lowest BCUT2D eigenvalue weighted by molar-refractivity contribution is -0.129. The SMILES string of the molecule is COCCN1CC(C(=O)NCc2cc(F)cc(F)c2)CC1=O. The van der Waals surface area contributed by atoms with Crippen molar-refractivity contribution in [2.75, 3.05) is 26.8 Å². The Morgan fingerprint density at radius 1 is 1.36 bits per heavy atom. The van der Waals surface area contributed by atoms with Gasteiger partial charge in [-0.05, 0) is 17.7 Å². The van der Waals surface area contributed by atoms with Crippen molar-refractivity contribution >= 4 is 11.8 Å². The third-order valence-corrected chi connectivity index (χ3v) is 3.54. The Morgan fingerprint density at radius 3 is 2.68 bits per heavy atom. The van der Waals surface area contributed by atoms with Crippen LogP contribution in [0.25, 0.3) is 0 Å². The van der Waals surface area contributed by atoms with E-state index in [0.29, 0.717) is 25.3 Å². The van der Waals surface area contributed by atoms with Crippen LogP contribution >= 0.6 is 0 Å². The average Bonchev–Trinajstić information content (AvgIpc) is 2.83. The van der Waals surface area contributed by atoms with Gasteiger partial charge in [-0.2, -0.15) is 0 Å². The Labute approximate surface area is 127 Å². The molecule has 1 fully saturated rings. The molecule has 1 heterocycles. The molecule has 7 heteroatoms. The van der Waals surface area contributed by atoms with Crippen molar-refractivity contribution in [1.82, 2.24) is 10.2 Å². The van der Waals surface area contributed by atoms with E-state index in [9.17, 15) is 18.4 Å². The number of ether oxygens (including phenoxy) is 1. The first-order chi connectivity index (χ1) is 10.5. The van der Waals surface area contributed by atoms with Crippen LogP contribution in [-0.4, -0.2) is 43.5 Å². The summed E-state index contributed by atoms with van der Waals surface area (Å²) in [5.74, 6) is -2.20. The van der Waals surface area contributed by atoms with E-state index in [1.807, 2.05) is 0 Å². The molecule has 1 aromatic rings. The molecule has 2 amide bonds. The number of nitrogens with zero attached hydrogens (tertiary/aromatic N) is 1. The molecule has 1 atom stereocenters. The number of rotatable bonds is 6. The molecule has 2 rings (SSSR count). The summed E-state index contributed by atoms with van der Waals surface area (Å²) in [6.07, 6.45) is 0.146. The van der Waals surface area contributed by atoms with E-state index in [2.05, 4.69) is 5.32 Å². The lowest BCUT2D eigenvalue weighted by Crippen LogP contribution is -2.33.